The van der Waals surface area contributed by atoms with E-state index in [0.29, 0.717) is 44.3 Å². The van der Waals surface area contributed by atoms with Crippen LogP contribution in [0.1, 0.15) is 17.0 Å². The summed E-state index contributed by atoms with van der Waals surface area (Å²) in [6.07, 6.45) is 0. The highest BCUT2D eigenvalue weighted by Gasteiger charge is 2.19. The average molecular weight is 454 g/mol. The molecule has 4 rings (SSSR count). The van der Waals surface area contributed by atoms with Crippen molar-refractivity contribution in [2.45, 2.75) is 25.7 Å². The van der Waals surface area contributed by atoms with Crippen LogP contribution in [-0.4, -0.2) is 18.0 Å². The van der Waals surface area contributed by atoms with E-state index in [0.717, 1.165) is 0 Å². The van der Waals surface area contributed by atoms with Gasteiger partial charge < -0.3 is 0 Å². The Labute approximate surface area is 185 Å². The molecule has 0 saturated heterocycles. The summed E-state index contributed by atoms with van der Waals surface area (Å²) in [7, 11) is -3.85. The number of nitrogens with zero attached hydrogens (tertiary/aromatic N) is 2. The van der Waals surface area contributed by atoms with Gasteiger partial charge in [-0.1, -0.05) is 29.8 Å². The lowest BCUT2D eigenvalue weighted by Gasteiger charge is -2.14. The number of aryl methyl sites for hydroxylation is 3. The van der Waals surface area contributed by atoms with Crippen molar-refractivity contribution in [2.75, 3.05) is 4.72 Å². The number of anilines is 1. The maximum atomic E-state index is 13.1. The fourth-order valence-electron chi connectivity index (χ4n) is 3.51. The van der Waals surface area contributed by atoms with Crippen molar-refractivity contribution in [1.29, 1.82) is 0 Å². The van der Waals surface area contributed by atoms with Crippen LogP contribution < -0.4 is 10.3 Å². The van der Waals surface area contributed by atoms with Gasteiger partial charge in [-0.2, -0.15) is 0 Å². The van der Waals surface area contributed by atoms with Crippen LogP contribution in [0, 0.1) is 20.8 Å². The molecule has 0 radical (unpaired) electrons. The standard InChI is InChI=1S/C23H20ClN3O3S/c1-14-12-22(15(2)11-20(14)24)31(29,30)26-17-7-6-8-18(13-17)27-16(3)25-21-10-5-4-9-19(21)23(27)28/h4-13,26H,1-3H3. The van der Waals surface area contributed by atoms with Crippen molar-refractivity contribution in [3.05, 3.63) is 93.0 Å². The van der Waals surface area contributed by atoms with Crippen molar-refractivity contribution in [2.24, 2.45) is 0 Å². The Bertz CT molecular complexity index is 1490. The molecule has 8 heteroatoms. The summed E-state index contributed by atoms with van der Waals surface area (Å²) in [5.74, 6) is 0.507. The maximum absolute atomic E-state index is 13.1. The summed E-state index contributed by atoms with van der Waals surface area (Å²) < 4.78 is 30.1. The van der Waals surface area contributed by atoms with Crippen molar-refractivity contribution in [3.63, 3.8) is 0 Å². The fourth-order valence-corrected chi connectivity index (χ4v) is 5.09. The second kappa shape index (κ2) is 7.83. The number of para-hydroxylation sites is 1. The molecule has 0 fully saturated rings. The first-order chi connectivity index (χ1) is 14.7. The summed E-state index contributed by atoms with van der Waals surface area (Å²) in [6.45, 7) is 5.19. The zero-order valence-corrected chi connectivity index (χ0v) is 18.8. The van der Waals surface area contributed by atoms with Gasteiger partial charge in [-0.25, -0.2) is 13.4 Å². The quantitative estimate of drug-likeness (QED) is 0.482. The normalized spacial score (nSPS) is 11.6. The minimum Gasteiger partial charge on any atom is -0.280 e. The molecule has 0 bridgehead atoms. The molecule has 31 heavy (non-hydrogen) atoms. The van der Waals surface area contributed by atoms with Crippen LogP contribution in [0.25, 0.3) is 16.6 Å². The third kappa shape index (κ3) is 3.94. The Morgan fingerprint density at radius 2 is 1.68 bits per heavy atom. The number of sulfonamides is 1. The second-order valence-electron chi connectivity index (χ2n) is 7.34. The molecule has 158 valence electrons. The molecule has 0 unspecified atom stereocenters. The summed E-state index contributed by atoms with van der Waals surface area (Å²) >= 11 is 6.10. The number of halogens is 1. The lowest BCUT2D eigenvalue weighted by molar-refractivity contribution is 0.600. The van der Waals surface area contributed by atoms with Gasteiger partial charge in [0.2, 0.25) is 0 Å². The molecule has 0 aliphatic carbocycles. The predicted molar refractivity (Wildman–Crippen MR) is 124 cm³/mol. The zero-order valence-electron chi connectivity index (χ0n) is 17.2. The van der Waals surface area contributed by atoms with E-state index in [1.54, 1.807) is 75.4 Å². The van der Waals surface area contributed by atoms with E-state index in [2.05, 4.69) is 9.71 Å². The van der Waals surface area contributed by atoms with Crippen LogP contribution in [0.15, 0.2) is 70.4 Å². The van der Waals surface area contributed by atoms with Crippen LogP contribution in [0.5, 0.6) is 0 Å². The molecular formula is C23H20ClN3O3S. The first-order valence-electron chi connectivity index (χ1n) is 9.56. The van der Waals surface area contributed by atoms with E-state index < -0.39 is 10.0 Å². The van der Waals surface area contributed by atoms with Gasteiger partial charge in [-0.3, -0.25) is 14.1 Å². The predicted octanol–water partition coefficient (Wildman–Crippen LogP) is 4.77. The van der Waals surface area contributed by atoms with Gasteiger partial charge in [0.15, 0.2) is 0 Å². The first-order valence-corrected chi connectivity index (χ1v) is 11.4. The summed E-state index contributed by atoms with van der Waals surface area (Å²) in [5, 5.41) is 1.00. The molecule has 3 aromatic carbocycles. The van der Waals surface area contributed by atoms with E-state index in [1.165, 1.54) is 4.57 Å². The van der Waals surface area contributed by atoms with E-state index in [1.807, 2.05) is 6.07 Å². The summed E-state index contributed by atoms with van der Waals surface area (Å²) in [5.41, 5.74) is 2.48. The Morgan fingerprint density at radius 3 is 2.45 bits per heavy atom. The Kier molecular flexibility index (Phi) is 5.33. The van der Waals surface area contributed by atoms with E-state index in [9.17, 15) is 13.2 Å². The van der Waals surface area contributed by atoms with Gasteiger partial charge in [0.05, 0.1) is 27.2 Å². The SMILES string of the molecule is Cc1cc(S(=O)(=O)Nc2cccc(-n3c(C)nc4ccccc4c3=O)c2)c(C)cc1Cl. The average Bonchev–Trinajstić information content (AvgIpc) is 2.70. The number of fused-ring (bicyclic) bond motifs is 1. The van der Waals surface area contributed by atoms with E-state index >= 15 is 0 Å². The Balaban J connectivity index is 1.78. The van der Waals surface area contributed by atoms with Crippen molar-refractivity contribution < 1.29 is 8.42 Å². The minimum atomic E-state index is -3.85. The molecular weight excluding hydrogens is 434 g/mol. The smallest absolute Gasteiger partial charge is 0.265 e. The summed E-state index contributed by atoms with van der Waals surface area (Å²) in [4.78, 5) is 17.7. The maximum Gasteiger partial charge on any atom is 0.265 e. The number of rotatable bonds is 4. The Hall–Kier alpha value is -3.16. The monoisotopic (exact) mass is 453 g/mol. The van der Waals surface area contributed by atoms with Crippen LogP contribution in [-0.2, 0) is 10.0 Å². The molecule has 0 aliphatic rings. The van der Waals surface area contributed by atoms with Crippen LogP contribution in [0.3, 0.4) is 0 Å². The molecule has 4 aromatic rings. The first kappa shape index (κ1) is 21.1. The number of benzene rings is 3. The minimum absolute atomic E-state index is 0.153. The Morgan fingerprint density at radius 1 is 0.935 bits per heavy atom. The molecule has 1 heterocycles. The third-order valence-electron chi connectivity index (χ3n) is 5.05. The lowest BCUT2D eigenvalue weighted by Crippen LogP contribution is -2.22. The van der Waals surface area contributed by atoms with E-state index in [4.69, 9.17) is 11.6 Å². The number of hydrogen-bond donors (Lipinski definition) is 1. The van der Waals surface area contributed by atoms with Gasteiger partial charge in [0, 0.05) is 5.02 Å². The number of nitrogens with one attached hydrogen (secondary N) is 1. The van der Waals surface area contributed by atoms with Crippen LogP contribution in [0.2, 0.25) is 5.02 Å². The largest absolute Gasteiger partial charge is 0.280 e. The van der Waals surface area contributed by atoms with Gasteiger partial charge in [0.1, 0.15) is 5.82 Å². The van der Waals surface area contributed by atoms with Gasteiger partial charge in [-0.15, -0.1) is 0 Å². The number of hydrogen-bond acceptors (Lipinski definition) is 4. The van der Waals surface area contributed by atoms with Crippen molar-refractivity contribution >= 4 is 38.2 Å². The third-order valence-corrected chi connectivity index (χ3v) is 6.98. The summed E-state index contributed by atoms with van der Waals surface area (Å²) in [6, 6.07) is 17.0. The molecule has 1 aromatic heterocycles. The van der Waals surface area contributed by atoms with Crippen molar-refractivity contribution in [1.82, 2.24) is 9.55 Å². The lowest BCUT2D eigenvalue weighted by atomic mass is 10.2. The van der Waals surface area contributed by atoms with E-state index in [-0.39, 0.29) is 10.5 Å². The molecule has 0 atom stereocenters. The highest BCUT2D eigenvalue weighted by Crippen LogP contribution is 2.26. The van der Waals surface area contributed by atoms with Crippen LogP contribution in [0.4, 0.5) is 5.69 Å². The van der Waals surface area contributed by atoms with Gasteiger partial charge in [0.25, 0.3) is 15.6 Å². The molecule has 0 amide bonds. The zero-order chi connectivity index (χ0) is 22.3. The van der Waals surface area contributed by atoms with Gasteiger partial charge in [-0.05, 0) is 74.4 Å². The molecule has 1 N–H and O–H groups in total. The molecule has 0 spiro atoms. The number of aromatic nitrogens is 2. The second-order valence-corrected chi connectivity index (χ2v) is 9.40. The highest BCUT2D eigenvalue weighted by molar-refractivity contribution is 7.92. The topological polar surface area (TPSA) is 81.1 Å². The fraction of sp³-hybridized carbons (Fsp3) is 0.130. The molecule has 0 aliphatic heterocycles. The molecule has 6 nitrogen and oxygen atoms in total. The van der Waals surface area contributed by atoms with Gasteiger partial charge >= 0.3 is 0 Å². The van der Waals surface area contributed by atoms with Crippen molar-refractivity contribution in [3.8, 4) is 5.69 Å². The van der Waals surface area contributed by atoms with Crippen LogP contribution >= 0.6 is 11.6 Å². The molecule has 0 saturated carbocycles. The highest BCUT2D eigenvalue weighted by atomic mass is 35.5.